The smallest absolute Gasteiger partial charge is 0.205 e. The zero-order valence-corrected chi connectivity index (χ0v) is 19.8. The number of phenolic OH excluding ortho intramolecular Hbond substituents is 1. The first-order valence-electron chi connectivity index (χ1n) is 11.1. The summed E-state index contributed by atoms with van der Waals surface area (Å²) in [6.07, 6.45) is -0.214. The van der Waals surface area contributed by atoms with Gasteiger partial charge in [0.25, 0.3) is 0 Å². The number of hydrogen-bond donors (Lipinski definition) is 2. The molecular formula is C27H24O9. The van der Waals surface area contributed by atoms with Crippen LogP contribution in [0, 0.1) is 0 Å². The molecule has 9 nitrogen and oxygen atoms in total. The van der Waals surface area contributed by atoms with E-state index in [2.05, 4.69) is 0 Å². The fourth-order valence-corrected chi connectivity index (χ4v) is 4.25. The number of methoxy groups -OCH3 is 3. The Morgan fingerprint density at radius 3 is 2.22 bits per heavy atom. The number of aliphatic hydroxyl groups excluding tert-OH is 1. The van der Waals surface area contributed by atoms with Crippen LogP contribution in [0.15, 0.2) is 64.0 Å². The SMILES string of the molecule is COc1ccc(-c2coc3c4c(ccc3c2=O)O[C@H](c2cc(OC)c(O)c(OC)c2)[C@@H](CO)O4)cc1. The first kappa shape index (κ1) is 23.4. The molecule has 5 rings (SSSR count). The predicted molar refractivity (Wildman–Crippen MR) is 131 cm³/mol. The highest BCUT2D eigenvalue weighted by Crippen LogP contribution is 2.46. The van der Waals surface area contributed by atoms with Crippen LogP contribution in [-0.2, 0) is 0 Å². The van der Waals surface area contributed by atoms with Crippen LogP contribution in [0.5, 0.6) is 34.5 Å². The van der Waals surface area contributed by atoms with Crippen LogP contribution in [0.3, 0.4) is 0 Å². The zero-order chi connectivity index (χ0) is 25.4. The van der Waals surface area contributed by atoms with E-state index < -0.39 is 12.2 Å². The zero-order valence-electron chi connectivity index (χ0n) is 19.8. The van der Waals surface area contributed by atoms with Crippen molar-refractivity contribution in [3.05, 3.63) is 70.6 Å². The van der Waals surface area contributed by atoms with Gasteiger partial charge in [-0.1, -0.05) is 12.1 Å². The highest BCUT2D eigenvalue weighted by molar-refractivity contribution is 5.88. The number of ether oxygens (including phenoxy) is 5. The lowest BCUT2D eigenvalue weighted by atomic mass is 10.0. The Morgan fingerprint density at radius 2 is 1.61 bits per heavy atom. The van der Waals surface area contributed by atoms with Gasteiger partial charge in [0.1, 0.15) is 12.0 Å². The number of hydrogen-bond acceptors (Lipinski definition) is 9. The van der Waals surface area contributed by atoms with Crippen molar-refractivity contribution < 1.29 is 38.3 Å². The van der Waals surface area contributed by atoms with E-state index in [9.17, 15) is 15.0 Å². The number of fused-ring (bicyclic) bond motifs is 3. The highest BCUT2D eigenvalue weighted by Gasteiger charge is 2.36. The Hall–Kier alpha value is -4.37. The molecule has 0 aliphatic carbocycles. The maximum atomic E-state index is 13.3. The van der Waals surface area contributed by atoms with Gasteiger partial charge in [0, 0.05) is 5.56 Å². The minimum atomic E-state index is -0.839. The fraction of sp³-hybridized carbons (Fsp3) is 0.222. The van der Waals surface area contributed by atoms with E-state index in [4.69, 9.17) is 28.1 Å². The van der Waals surface area contributed by atoms with Crippen LogP contribution in [0.2, 0.25) is 0 Å². The molecule has 1 aromatic heterocycles. The van der Waals surface area contributed by atoms with Crippen LogP contribution >= 0.6 is 0 Å². The standard InChI is InChI=1S/C27H24O9/c1-31-16-6-4-14(5-7-16)18-13-34-26-17(23(18)29)8-9-19-27(26)36-22(12-28)25(35-19)15-10-20(32-2)24(30)21(11-15)33-3/h4-11,13,22,25,28,30H,12H2,1-3H3/t22-,25-/m1/s1. The Bertz CT molecular complexity index is 1450. The molecule has 2 heterocycles. The molecule has 1 aliphatic heterocycles. The second-order valence-corrected chi connectivity index (χ2v) is 8.13. The van der Waals surface area contributed by atoms with Crippen molar-refractivity contribution in [2.75, 3.05) is 27.9 Å². The summed E-state index contributed by atoms with van der Waals surface area (Å²) in [6, 6.07) is 13.5. The third kappa shape index (κ3) is 3.83. The summed E-state index contributed by atoms with van der Waals surface area (Å²) in [5.74, 6) is 1.46. The van der Waals surface area contributed by atoms with Crippen LogP contribution in [-0.4, -0.2) is 44.3 Å². The third-order valence-electron chi connectivity index (χ3n) is 6.13. The molecule has 1 aliphatic rings. The van der Waals surface area contributed by atoms with E-state index in [0.29, 0.717) is 33.6 Å². The summed E-state index contributed by atoms with van der Waals surface area (Å²) in [7, 11) is 4.41. The molecule has 2 atom stereocenters. The molecule has 0 saturated heterocycles. The number of aromatic hydroxyl groups is 1. The van der Waals surface area contributed by atoms with Crippen LogP contribution < -0.4 is 29.1 Å². The molecule has 3 aromatic carbocycles. The quantitative estimate of drug-likeness (QED) is 0.411. The van der Waals surface area contributed by atoms with E-state index in [1.807, 2.05) is 0 Å². The van der Waals surface area contributed by atoms with E-state index in [1.165, 1.54) is 20.5 Å². The molecule has 36 heavy (non-hydrogen) atoms. The van der Waals surface area contributed by atoms with Crippen molar-refractivity contribution >= 4 is 11.0 Å². The van der Waals surface area contributed by atoms with Gasteiger partial charge < -0.3 is 38.3 Å². The predicted octanol–water partition coefficient (Wildman–Crippen LogP) is 4.06. The number of benzene rings is 3. The van der Waals surface area contributed by atoms with Crippen LogP contribution in [0.25, 0.3) is 22.1 Å². The van der Waals surface area contributed by atoms with Gasteiger partial charge in [-0.3, -0.25) is 4.79 Å². The van der Waals surface area contributed by atoms with Crippen molar-refractivity contribution in [1.82, 2.24) is 0 Å². The van der Waals surface area contributed by atoms with Gasteiger partial charge in [0.05, 0.1) is 38.9 Å². The molecule has 0 radical (unpaired) electrons. The first-order valence-corrected chi connectivity index (χ1v) is 11.1. The lowest BCUT2D eigenvalue weighted by Crippen LogP contribution is -2.36. The molecule has 0 saturated carbocycles. The summed E-state index contributed by atoms with van der Waals surface area (Å²) >= 11 is 0. The van der Waals surface area contributed by atoms with Gasteiger partial charge in [-0.2, -0.15) is 0 Å². The lowest BCUT2D eigenvalue weighted by Gasteiger charge is -2.33. The second kappa shape index (κ2) is 9.35. The van der Waals surface area contributed by atoms with E-state index >= 15 is 0 Å². The minimum Gasteiger partial charge on any atom is -0.502 e. The maximum Gasteiger partial charge on any atom is 0.205 e. The molecule has 0 spiro atoms. The summed E-state index contributed by atoms with van der Waals surface area (Å²) in [5, 5.41) is 20.7. The maximum absolute atomic E-state index is 13.3. The molecular weight excluding hydrogens is 468 g/mol. The third-order valence-corrected chi connectivity index (χ3v) is 6.13. The molecule has 186 valence electrons. The van der Waals surface area contributed by atoms with Crippen molar-refractivity contribution in [3.8, 4) is 45.6 Å². The summed E-state index contributed by atoms with van der Waals surface area (Å²) in [4.78, 5) is 13.3. The van der Waals surface area contributed by atoms with Crippen LogP contribution in [0.4, 0.5) is 0 Å². The molecule has 0 amide bonds. The fourth-order valence-electron chi connectivity index (χ4n) is 4.25. The average Bonchev–Trinajstić information content (AvgIpc) is 2.92. The van der Waals surface area contributed by atoms with Gasteiger partial charge in [-0.15, -0.1) is 0 Å². The molecule has 9 heteroatoms. The van der Waals surface area contributed by atoms with E-state index in [-0.39, 0.29) is 40.6 Å². The normalized spacial score (nSPS) is 16.6. The molecule has 4 aromatic rings. The molecule has 0 bridgehead atoms. The molecule has 2 N–H and O–H groups in total. The second-order valence-electron chi connectivity index (χ2n) is 8.13. The largest absolute Gasteiger partial charge is 0.502 e. The number of aliphatic hydroxyl groups is 1. The Labute approximate surface area is 206 Å². The Balaban J connectivity index is 1.57. The van der Waals surface area contributed by atoms with E-state index in [1.54, 1.807) is 55.6 Å². The molecule has 0 unspecified atom stereocenters. The number of phenols is 1. The highest BCUT2D eigenvalue weighted by atomic mass is 16.6. The van der Waals surface area contributed by atoms with Crippen molar-refractivity contribution in [2.24, 2.45) is 0 Å². The van der Waals surface area contributed by atoms with Crippen molar-refractivity contribution in [2.45, 2.75) is 12.2 Å². The topological polar surface area (TPSA) is 117 Å². The average molecular weight is 492 g/mol. The first-order chi connectivity index (χ1) is 17.5. The Morgan fingerprint density at radius 1 is 0.917 bits per heavy atom. The van der Waals surface area contributed by atoms with Gasteiger partial charge in [0.2, 0.25) is 16.9 Å². The van der Waals surface area contributed by atoms with E-state index in [0.717, 1.165) is 0 Å². The summed E-state index contributed by atoms with van der Waals surface area (Å²) in [6.45, 7) is -0.389. The van der Waals surface area contributed by atoms with Crippen LogP contribution in [0.1, 0.15) is 11.7 Å². The Kier molecular flexibility index (Phi) is 6.07. The van der Waals surface area contributed by atoms with Gasteiger partial charge in [-0.25, -0.2) is 0 Å². The minimum absolute atomic E-state index is 0.151. The summed E-state index contributed by atoms with van der Waals surface area (Å²) in [5.41, 5.74) is 1.62. The van der Waals surface area contributed by atoms with Gasteiger partial charge in [0.15, 0.2) is 35.0 Å². The number of rotatable bonds is 6. The van der Waals surface area contributed by atoms with Crippen molar-refractivity contribution in [3.63, 3.8) is 0 Å². The van der Waals surface area contributed by atoms with Gasteiger partial charge >= 0.3 is 0 Å². The van der Waals surface area contributed by atoms with Crippen molar-refractivity contribution in [1.29, 1.82) is 0 Å². The van der Waals surface area contributed by atoms with Gasteiger partial charge in [-0.05, 0) is 42.0 Å². The summed E-state index contributed by atoms with van der Waals surface area (Å²) < 4.78 is 33.8. The monoisotopic (exact) mass is 492 g/mol. The molecule has 0 fully saturated rings. The lowest BCUT2D eigenvalue weighted by molar-refractivity contribution is -0.0119.